The van der Waals surface area contributed by atoms with Crippen LogP contribution in [0.2, 0.25) is 5.02 Å². The van der Waals surface area contributed by atoms with Gasteiger partial charge in [-0.15, -0.1) is 0 Å². The van der Waals surface area contributed by atoms with Gasteiger partial charge in [-0.05, 0) is 88.0 Å². The number of likely N-dealkylation sites (tertiary alicyclic amines) is 1. The van der Waals surface area contributed by atoms with Crippen LogP contribution < -0.4 is 9.47 Å². The molecule has 45 heavy (non-hydrogen) atoms. The van der Waals surface area contributed by atoms with Crippen molar-refractivity contribution in [3.05, 3.63) is 88.0 Å². The van der Waals surface area contributed by atoms with E-state index in [-0.39, 0.29) is 47.8 Å². The number of nitrogens with zero attached hydrogens (tertiary/aromatic N) is 3. The number of carbonyl (C=O) groups is 1. The van der Waals surface area contributed by atoms with Gasteiger partial charge in [0.2, 0.25) is 0 Å². The molecule has 1 aromatic heterocycles. The van der Waals surface area contributed by atoms with Gasteiger partial charge in [-0.3, -0.25) is 9.29 Å². The third kappa shape index (κ3) is 6.00. The fourth-order valence-electron chi connectivity index (χ4n) is 6.48. The van der Waals surface area contributed by atoms with E-state index in [9.17, 15) is 13.6 Å². The molecule has 0 bridgehead atoms. The van der Waals surface area contributed by atoms with Gasteiger partial charge in [0.25, 0.3) is 0 Å². The zero-order valence-electron chi connectivity index (χ0n) is 26.2. The second-order valence-electron chi connectivity index (χ2n) is 12.3. The molecule has 0 unspecified atom stereocenters. The number of piperidine rings is 1. The maximum atomic E-state index is 14.8. The van der Waals surface area contributed by atoms with E-state index in [1.807, 2.05) is 30.3 Å². The van der Waals surface area contributed by atoms with Crippen LogP contribution in [0.5, 0.6) is 11.5 Å². The molecule has 236 valence electrons. The molecule has 0 amide bonds. The smallest absolute Gasteiger partial charge is 0.338 e. The summed E-state index contributed by atoms with van der Waals surface area (Å²) in [5.41, 5.74) is 2.70. The van der Waals surface area contributed by atoms with Crippen LogP contribution in [0.15, 0.2) is 54.6 Å². The number of rotatable bonds is 9. The van der Waals surface area contributed by atoms with Gasteiger partial charge < -0.3 is 18.8 Å². The summed E-state index contributed by atoms with van der Waals surface area (Å²) in [6, 6.07) is 15.3. The highest BCUT2D eigenvalue weighted by Crippen LogP contribution is 2.48. The summed E-state index contributed by atoms with van der Waals surface area (Å²) in [7, 11) is 0. The van der Waals surface area contributed by atoms with Crippen molar-refractivity contribution in [1.29, 1.82) is 0 Å². The van der Waals surface area contributed by atoms with E-state index in [1.165, 1.54) is 12.1 Å². The summed E-state index contributed by atoms with van der Waals surface area (Å²) in [6.45, 7) is 4.23. The Labute approximate surface area is 267 Å². The van der Waals surface area contributed by atoms with E-state index in [0.717, 1.165) is 61.2 Å². The second-order valence-corrected chi connectivity index (χ2v) is 12.8. The first-order valence-electron chi connectivity index (χ1n) is 16.1. The highest BCUT2D eigenvalue weighted by Gasteiger charge is 2.44. The van der Waals surface area contributed by atoms with Crippen molar-refractivity contribution < 1.29 is 29.2 Å². The Hall–Kier alpha value is -3.69. The van der Waals surface area contributed by atoms with Crippen molar-refractivity contribution in [3.63, 3.8) is 0 Å². The lowest BCUT2D eigenvalue weighted by atomic mass is 9.88. The van der Waals surface area contributed by atoms with Crippen LogP contribution in [-0.2, 0) is 17.8 Å². The van der Waals surface area contributed by atoms with Gasteiger partial charge in [0.05, 0.1) is 37.8 Å². The summed E-state index contributed by atoms with van der Waals surface area (Å²) >= 11 is 5.95. The molecule has 0 spiro atoms. The average Bonchev–Trinajstić information content (AvgIpc) is 3.76. The van der Waals surface area contributed by atoms with E-state index in [2.05, 4.69) is 9.47 Å². The topological polar surface area (TPSA) is 65.8 Å². The minimum Gasteiger partial charge on any atom is -0.485 e. The number of benzene rings is 3. The van der Waals surface area contributed by atoms with Gasteiger partial charge in [-0.25, -0.2) is 14.2 Å². The van der Waals surface area contributed by atoms with Crippen molar-refractivity contribution in [2.24, 2.45) is 5.41 Å². The number of esters is 1. The fourth-order valence-corrected chi connectivity index (χ4v) is 6.64. The van der Waals surface area contributed by atoms with Gasteiger partial charge >= 0.3 is 5.97 Å². The van der Waals surface area contributed by atoms with Gasteiger partial charge in [0.15, 0.2) is 17.6 Å². The third-order valence-electron chi connectivity index (χ3n) is 9.29. The minimum absolute atomic E-state index is 0.0742. The summed E-state index contributed by atoms with van der Waals surface area (Å²) in [4.78, 5) is 19.8. The second kappa shape index (κ2) is 12.2. The van der Waals surface area contributed by atoms with Gasteiger partial charge in [0, 0.05) is 28.1 Å². The molecule has 3 aliphatic rings. The van der Waals surface area contributed by atoms with Gasteiger partial charge in [-0.2, -0.15) is 0 Å². The number of alkyl halides is 1. The summed E-state index contributed by atoms with van der Waals surface area (Å²) in [5.74, 6) is 1.05. The molecule has 0 N–H and O–H groups in total. The van der Waals surface area contributed by atoms with Crippen LogP contribution in [0.1, 0.15) is 73.3 Å². The normalized spacial score (nSPS) is 21.5. The number of fused-ring (bicyclic) bond motifs is 2. The number of hydrogen-bond donors (Lipinski definition) is 0. The predicted molar refractivity (Wildman–Crippen MR) is 167 cm³/mol. The fraction of sp³-hybridized carbons (Fsp3) is 0.429. The summed E-state index contributed by atoms with van der Waals surface area (Å²) in [5, 5.41) is 0.251. The quantitative estimate of drug-likeness (QED) is 0.176. The van der Waals surface area contributed by atoms with Gasteiger partial charge in [-0.1, -0.05) is 29.8 Å². The van der Waals surface area contributed by atoms with E-state index in [1.54, 1.807) is 19.1 Å². The Morgan fingerprint density at radius 3 is 2.71 bits per heavy atom. The van der Waals surface area contributed by atoms with Crippen molar-refractivity contribution >= 4 is 28.6 Å². The molecule has 7 nitrogen and oxygen atoms in total. The lowest BCUT2D eigenvalue weighted by Crippen LogP contribution is -2.34. The zero-order valence-corrected chi connectivity index (χ0v) is 25.9. The van der Waals surface area contributed by atoms with Crippen molar-refractivity contribution in [1.82, 2.24) is 14.5 Å². The number of carbonyl (C=O) groups excluding carboxylic acids is 1. The van der Waals surface area contributed by atoms with Crippen LogP contribution in [-0.4, -0.2) is 53.4 Å². The highest BCUT2D eigenvalue weighted by atomic mass is 35.5. The van der Waals surface area contributed by atoms with Crippen molar-refractivity contribution in [2.45, 2.75) is 57.7 Å². The molecule has 1 saturated heterocycles. The molecule has 0 radical (unpaired) electrons. The van der Waals surface area contributed by atoms with Crippen LogP contribution in [0.25, 0.3) is 11.0 Å². The molecule has 4 aromatic rings. The van der Waals surface area contributed by atoms with Crippen molar-refractivity contribution in [3.8, 4) is 11.5 Å². The minimum atomic E-state index is -1.75. The first-order chi connectivity index (χ1) is 22.2. The lowest BCUT2D eigenvalue weighted by Gasteiger charge is -2.35. The molecule has 2 fully saturated rings. The maximum Gasteiger partial charge on any atom is 0.338 e. The van der Waals surface area contributed by atoms with E-state index in [0.29, 0.717) is 30.2 Å². The molecule has 10 heteroatoms. The number of imidazole rings is 1. The SMILES string of the molecule is [2H][C@]1(c2ccc(Cl)cc2F)COc2cccc(C3CCN(Cc4nc5ccc(C(=O)OCC)cc5n4CC4(CF)CC4)CC3)c2O1. The van der Waals surface area contributed by atoms with Gasteiger partial charge in [0.1, 0.15) is 18.2 Å². The van der Waals surface area contributed by atoms with E-state index in [4.69, 9.17) is 32.2 Å². The first kappa shape index (κ1) is 28.8. The highest BCUT2D eigenvalue weighted by molar-refractivity contribution is 6.30. The van der Waals surface area contributed by atoms with Crippen LogP contribution >= 0.6 is 11.6 Å². The van der Waals surface area contributed by atoms with Crippen LogP contribution in [0.4, 0.5) is 8.78 Å². The number of hydrogen-bond acceptors (Lipinski definition) is 6. The Morgan fingerprint density at radius 2 is 1.98 bits per heavy atom. The van der Waals surface area contributed by atoms with Crippen LogP contribution in [0.3, 0.4) is 0 Å². The average molecular weight is 637 g/mol. The van der Waals surface area contributed by atoms with E-state index < -0.39 is 11.9 Å². The number of para-hydroxylation sites is 1. The Kier molecular flexibility index (Phi) is 7.83. The molecule has 3 aromatic carbocycles. The number of ether oxygens (including phenoxy) is 3. The predicted octanol–water partition coefficient (Wildman–Crippen LogP) is 7.65. The molecular formula is C35H36ClF2N3O4. The first-order valence-corrected chi connectivity index (χ1v) is 15.9. The molecule has 2 aliphatic heterocycles. The molecule has 3 heterocycles. The lowest BCUT2D eigenvalue weighted by molar-refractivity contribution is 0.0526. The molecule has 1 atom stereocenters. The maximum absolute atomic E-state index is 14.8. The molecule has 1 saturated carbocycles. The van der Waals surface area contributed by atoms with E-state index >= 15 is 0 Å². The largest absolute Gasteiger partial charge is 0.485 e. The molecule has 1 aliphatic carbocycles. The molecular weight excluding hydrogens is 600 g/mol. The number of halogens is 3. The Balaban J connectivity index is 1.10. The molecule has 7 rings (SSSR count). The van der Waals surface area contributed by atoms with Crippen molar-refractivity contribution in [2.75, 3.05) is 33.0 Å². The Bertz CT molecular complexity index is 1790. The Morgan fingerprint density at radius 1 is 1.16 bits per heavy atom. The zero-order chi connectivity index (χ0) is 32.1. The summed E-state index contributed by atoms with van der Waals surface area (Å²) < 4.78 is 57.4. The monoisotopic (exact) mass is 636 g/mol. The van der Waals surface area contributed by atoms with Crippen LogP contribution in [0, 0.1) is 11.2 Å². The number of aromatic nitrogens is 2. The third-order valence-corrected chi connectivity index (χ3v) is 9.52. The summed E-state index contributed by atoms with van der Waals surface area (Å²) in [6.07, 6.45) is 1.60. The standard InChI is InChI=1S/C35H36ClF2N3O4/c1-2-43-34(42)23-6-9-28-29(16-23)41(21-35(20-37)12-13-35)32(39-28)18-40-14-10-22(11-15-40)25-4-3-5-30-33(25)45-31(19-44-30)26-8-7-24(36)17-27(26)38/h3-9,16-17,22,31H,2,10-15,18-21H2,1H3/t31-/m1/s1/i31D.